The number of phenols is 1. The minimum Gasteiger partial charge on any atom is -0.508 e. The van der Waals surface area contributed by atoms with Crippen LogP contribution in [0.4, 0.5) is 15.8 Å². The number of nitrogen functional groups attached to an aromatic ring is 1. The first-order valence-electron chi connectivity index (χ1n) is 5.31. The molecule has 0 aliphatic carbocycles. The summed E-state index contributed by atoms with van der Waals surface area (Å²) in [6.45, 7) is 0. The smallest absolute Gasteiger partial charge is 0.255 e. The van der Waals surface area contributed by atoms with Gasteiger partial charge in [0, 0.05) is 16.1 Å². The number of phenolic OH excluding ortho intramolecular Hbond substituents is 1. The van der Waals surface area contributed by atoms with E-state index in [1.54, 1.807) is 0 Å². The summed E-state index contributed by atoms with van der Waals surface area (Å²) in [7, 11) is 0. The molecule has 0 unspecified atom stereocenters. The van der Waals surface area contributed by atoms with Crippen LogP contribution in [0.25, 0.3) is 0 Å². The average Bonchev–Trinajstić information content (AvgIpc) is 2.31. The van der Waals surface area contributed by atoms with Crippen molar-refractivity contribution in [2.45, 2.75) is 0 Å². The number of carbonyl (C=O) groups is 1. The van der Waals surface area contributed by atoms with E-state index < -0.39 is 11.7 Å². The molecule has 0 atom stereocenters. The van der Waals surface area contributed by atoms with Crippen LogP contribution < -0.4 is 11.1 Å². The lowest BCUT2D eigenvalue weighted by Gasteiger charge is -2.09. The van der Waals surface area contributed by atoms with Crippen molar-refractivity contribution in [2.24, 2.45) is 0 Å². The van der Waals surface area contributed by atoms with E-state index >= 15 is 0 Å². The minimum atomic E-state index is -0.516. The van der Waals surface area contributed by atoms with E-state index in [0.29, 0.717) is 10.2 Å². The van der Waals surface area contributed by atoms with Gasteiger partial charge in [0.15, 0.2) is 0 Å². The molecule has 0 aliphatic rings. The number of nitrogens with one attached hydrogen (secondary N) is 1. The fourth-order valence-electron chi connectivity index (χ4n) is 1.54. The molecule has 0 heterocycles. The highest BCUT2D eigenvalue weighted by Gasteiger charge is 2.10. The van der Waals surface area contributed by atoms with Crippen LogP contribution in [-0.2, 0) is 0 Å². The molecule has 19 heavy (non-hydrogen) atoms. The van der Waals surface area contributed by atoms with Crippen LogP contribution in [-0.4, -0.2) is 11.0 Å². The van der Waals surface area contributed by atoms with Gasteiger partial charge in [0.25, 0.3) is 5.91 Å². The third kappa shape index (κ3) is 3.23. The van der Waals surface area contributed by atoms with Gasteiger partial charge in [-0.1, -0.05) is 15.9 Å². The second kappa shape index (κ2) is 5.27. The zero-order valence-electron chi connectivity index (χ0n) is 9.65. The summed E-state index contributed by atoms with van der Waals surface area (Å²) in [5, 5.41) is 11.8. The van der Waals surface area contributed by atoms with Crippen molar-refractivity contribution < 1.29 is 14.3 Å². The molecule has 4 nitrogen and oxygen atoms in total. The third-order valence-electron chi connectivity index (χ3n) is 2.41. The maximum atomic E-state index is 13.2. The number of carbonyl (C=O) groups excluding carboxylic acids is 1. The van der Waals surface area contributed by atoms with Gasteiger partial charge >= 0.3 is 0 Å². The molecule has 0 radical (unpaired) electrons. The fourth-order valence-corrected chi connectivity index (χ4v) is 2.01. The second-order valence-electron chi connectivity index (χ2n) is 3.88. The number of anilines is 2. The van der Waals surface area contributed by atoms with E-state index in [1.165, 1.54) is 30.3 Å². The van der Waals surface area contributed by atoms with Gasteiger partial charge in [-0.25, -0.2) is 4.39 Å². The molecule has 1 amide bonds. The summed E-state index contributed by atoms with van der Waals surface area (Å²) in [5.41, 5.74) is 6.39. The molecule has 0 spiro atoms. The van der Waals surface area contributed by atoms with Gasteiger partial charge in [-0.2, -0.15) is 0 Å². The van der Waals surface area contributed by atoms with Crippen LogP contribution in [0, 0.1) is 5.82 Å². The van der Waals surface area contributed by atoms with Crippen molar-refractivity contribution in [1.82, 2.24) is 0 Å². The summed E-state index contributed by atoms with van der Waals surface area (Å²) in [6, 6.07) is 8.05. The van der Waals surface area contributed by atoms with Crippen molar-refractivity contribution in [3.8, 4) is 5.75 Å². The molecule has 0 saturated carbocycles. The van der Waals surface area contributed by atoms with Crippen molar-refractivity contribution in [3.63, 3.8) is 0 Å². The molecule has 2 rings (SSSR count). The molecule has 2 aromatic carbocycles. The van der Waals surface area contributed by atoms with E-state index in [-0.39, 0.29) is 17.0 Å². The van der Waals surface area contributed by atoms with Crippen molar-refractivity contribution in [2.75, 3.05) is 11.1 Å². The summed E-state index contributed by atoms with van der Waals surface area (Å²) in [4.78, 5) is 11.9. The predicted molar refractivity (Wildman–Crippen MR) is 74.6 cm³/mol. The van der Waals surface area contributed by atoms with E-state index in [9.17, 15) is 14.3 Å². The zero-order valence-corrected chi connectivity index (χ0v) is 11.2. The monoisotopic (exact) mass is 324 g/mol. The maximum Gasteiger partial charge on any atom is 0.255 e. The second-order valence-corrected chi connectivity index (χ2v) is 4.80. The number of rotatable bonds is 2. The van der Waals surface area contributed by atoms with Gasteiger partial charge in [-0.3, -0.25) is 4.79 Å². The van der Waals surface area contributed by atoms with Gasteiger partial charge in [-0.15, -0.1) is 0 Å². The van der Waals surface area contributed by atoms with Gasteiger partial charge in [0.05, 0.1) is 11.4 Å². The summed E-state index contributed by atoms with van der Waals surface area (Å²) in [5.74, 6) is -1.00. The lowest BCUT2D eigenvalue weighted by Crippen LogP contribution is -2.13. The third-order valence-corrected chi connectivity index (χ3v) is 2.87. The molecule has 4 N–H and O–H groups in total. The molecule has 0 saturated heterocycles. The Kier molecular flexibility index (Phi) is 3.71. The van der Waals surface area contributed by atoms with E-state index in [1.807, 2.05) is 0 Å². The topological polar surface area (TPSA) is 75.3 Å². The molecule has 0 aliphatic heterocycles. The van der Waals surface area contributed by atoms with Gasteiger partial charge < -0.3 is 16.2 Å². The number of aromatic hydroxyl groups is 1. The predicted octanol–water partition coefficient (Wildman–Crippen LogP) is 3.13. The Labute approximate surface area is 117 Å². The van der Waals surface area contributed by atoms with Gasteiger partial charge in [-0.05, 0) is 30.3 Å². The Bertz CT molecular complexity index is 626. The number of nitrogens with two attached hydrogens (primary N) is 1. The van der Waals surface area contributed by atoms with Crippen molar-refractivity contribution in [3.05, 3.63) is 52.3 Å². The number of hydrogen-bond acceptors (Lipinski definition) is 3. The first-order valence-corrected chi connectivity index (χ1v) is 6.11. The lowest BCUT2D eigenvalue weighted by molar-refractivity contribution is 0.102. The Morgan fingerprint density at radius 2 is 2.00 bits per heavy atom. The Morgan fingerprint density at radius 1 is 1.26 bits per heavy atom. The molecule has 0 aromatic heterocycles. The van der Waals surface area contributed by atoms with Crippen molar-refractivity contribution >= 4 is 33.2 Å². The first kappa shape index (κ1) is 13.4. The van der Waals surface area contributed by atoms with Crippen LogP contribution in [0.2, 0.25) is 0 Å². The van der Waals surface area contributed by atoms with Crippen LogP contribution in [0.3, 0.4) is 0 Å². The lowest BCUT2D eigenvalue weighted by atomic mass is 10.2. The summed E-state index contributed by atoms with van der Waals surface area (Å²) in [6.07, 6.45) is 0. The summed E-state index contributed by atoms with van der Waals surface area (Å²) >= 11 is 3.11. The van der Waals surface area contributed by atoms with Crippen LogP contribution in [0.15, 0.2) is 40.9 Å². The quantitative estimate of drug-likeness (QED) is 0.586. The number of amides is 1. The first-order chi connectivity index (χ1) is 8.95. The van der Waals surface area contributed by atoms with Crippen molar-refractivity contribution in [1.29, 1.82) is 0 Å². The Balaban J connectivity index is 2.25. The molecule has 0 bridgehead atoms. The molecular weight excluding hydrogens is 315 g/mol. The Morgan fingerprint density at radius 3 is 2.63 bits per heavy atom. The van der Waals surface area contributed by atoms with Crippen LogP contribution >= 0.6 is 15.9 Å². The van der Waals surface area contributed by atoms with E-state index in [2.05, 4.69) is 21.2 Å². The highest BCUT2D eigenvalue weighted by Crippen LogP contribution is 2.24. The fraction of sp³-hybridized carbons (Fsp3) is 0. The molecule has 98 valence electrons. The normalized spacial score (nSPS) is 10.2. The van der Waals surface area contributed by atoms with Crippen LogP contribution in [0.1, 0.15) is 10.4 Å². The molecular formula is C13H10BrFN2O2. The number of halogens is 2. The average molecular weight is 325 g/mol. The molecule has 2 aromatic rings. The zero-order chi connectivity index (χ0) is 14.0. The highest BCUT2D eigenvalue weighted by atomic mass is 79.9. The van der Waals surface area contributed by atoms with Gasteiger partial charge in [0.2, 0.25) is 0 Å². The molecule has 6 heteroatoms. The number of benzene rings is 2. The standard InChI is InChI=1S/C13H10BrFN2O2/c14-8-3-7(4-9(15)5-8)13(19)17-12-2-1-10(18)6-11(12)16/h1-6,18H,16H2,(H,17,19). The van der Waals surface area contributed by atoms with Gasteiger partial charge in [0.1, 0.15) is 11.6 Å². The minimum absolute atomic E-state index is 0.00370. The summed E-state index contributed by atoms with van der Waals surface area (Å²) < 4.78 is 13.7. The molecule has 0 fully saturated rings. The number of hydrogen-bond donors (Lipinski definition) is 3. The Hall–Kier alpha value is -2.08. The van der Waals surface area contributed by atoms with Crippen LogP contribution in [0.5, 0.6) is 5.75 Å². The van der Waals surface area contributed by atoms with E-state index in [4.69, 9.17) is 5.73 Å². The highest BCUT2D eigenvalue weighted by molar-refractivity contribution is 9.10. The SMILES string of the molecule is Nc1cc(O)ccc1NC(=O)c1cc(F)cc(Br)c1. The maximum absolute atomic E-state index is 13.2. The van der Waals surface area contributed by atoms with E-state index in [0.717, 1.165) is 6.07 Å². The largest absolute Gasteiger partial charge is 0.508 e.